The number of ether oxygens (including phenoxy) is 1. The largest absolute Gasteiger partial charge is 0.495 e. The van der Waals surface area contributed by atoms with Crippen molar-refractivity contribution in [2.45, 2.75) is 6.92 Å². The average Bonchev–Trinajstić information content (AvgIpc) is 2.40. The third-order valence-electron chi connectivity index (χ3n) is 2.68. The molecule has 0 atom stereocenters. The van der Waals surface area contributed by atoms with E-state index in [9.17, 15) is 0 Å². The van der Waals surface area contributed by atoms with Gasteiger partial charge in [0.25, 0.3) is 0 Å². The lowest BCUT2D eigenvalue weighted by Crippen LogP contribution is -2.14. The molecular formula is C13H14ClN3O. The van der Waals surface area contributed by atoms with Crippen LogP contribution in [0.25, 0.3) is 0 Å². The van der Waals surface area contributed by atoms with Crippen LogP contribution in [0.15, 0.2) is 30.5 Å². The topological polar surface area (TPSA) is 38.2 Å². The van der Waals surface area contributed by atoms with Crippen molar-refractivity contribution in [1.29, 1.82) is 0 Å². The van der Waals surface area contributed by atoms with E-state index in [-0.39, 0.29) is 5.28 Å². The highest BCUT2D eigenvalue weighted by Crippen LogP contribution is 2.32. The van der Waals surface area contributed by atoms with E-state index in [0.717, 1.165) is 22.8 Å². The molecule has 0 fully saturated rings. The maximum absolute atomic E-state index is 5.84. The van der Waals surface area contributed by atoms with Gasteiger partial charge in [0, 0.05) is 18.8 Å². The molecule has 0 saturated carbocycles. The Kier molecular flexibility index (Phi) is 3.67. The van der Waals surface area contributed by atoms with Gasteiger partial charge in [0.1, 0.15) is 11.6 Å². The first-order chi connectivity index (χ1) is 8.63. The molecule has 0 spiro atoms. The molecule has 0 bridgehead atoms. The Labute approximate surface area is 111 Å². The van der Waals surface area contributed by atoms with Gasteiger partial charge in [-0.1, -0.05) is 12.1 Å². The fourth-order valence-electron chi connectivity index (χ4n) is 1.77. The predicted molar refractivity (Wildman–Crippen MR) is 72.8 cm³/mol. The summed E-state index contributed by atoms with van der Waals surface area (Å²) in [6, 6.07) is 7.75. The van der Waals surface area contributed by atoms with E-state index < -0.39 is 0 Å². The van der Waals surface area contributed by atoms with Gasteiger partial charge in [-0.3, -0.25) is 0 Å². The van der Waals surface area contributed by atoms with Crippen molar-refractivity contribution >= 4 is 23.1 Å². The monoisotopic (exact) mass is 263 g/mol. The van der Waals surface area contributed by atoms with Crippen LogP contribution in [0.5, 0.6) is 5.75 Å². The Hall–Kier alpha value is -1.81. The lowest BCUT2D eigenvalue weighted by atomic mass is 10.2. The second-order valence-electron chi connectivity index (χ2n) is 3.88. The van der Waals surface area contributed by atoms with Crippen LogP contribution < -0.4 is 9.64 Å². The summed E-state index contributed by atoms with van der Waals surface area (Å²) in [6.07, 6.45) is 1.70. The maximum Gasteiger partial charge on any atom is 0.224 e. The first-order valence-electron chi connectivity index (χ1n) is 5.49. The Morgan fingerprint density at radius 2 is 2.00 bits per heavy atom. The van der Waals surface area contributed by atoms with E-state index in [1.54, 1.807) is 13.3 Å². The van der Waals surface area contributed by atoms with E-state index in [1.807, 2.05) is 43.1 Å². The van der Waals surface area contributed by atoms with E-state index in [0.29, 0.717) is 0 Å². The molecule has 0 aliphatic rings. The Balaban J connectivity index is 2.47. The zero-order chi connectivity index (χ0) is 13.1. The number of rotatable bonds is 3. The molecule has 0 N–H and O–H groups in total. The highest BCUT2D eigenvalue weighted by atomic mass is 35.5. The first kappa shape index (κ1) is 12.6. The SMILES string of the molecule is COc1ccccc1N(C)c1nc(Cl)ncc1C. The fraction of sp³-hybridized carbons (Fsp3) is 0.231. The van der Waals surface area contributed by atoms with Crippen molar-refractivity contribution in [3.63, 3.8) is 0 Å². The third-order valence-corrected chi connectivity index (χ3v) is 2.86. The molecule has 0 radical (unpaired) electrons. The van der Waals surface area contributed by atoms with Gasteiger partial charge in [0.05, 0.1) is 12.8 Å². The van der Waals surface area contributed by atoms with Crippen molar-refractivity contribution < 1.29 is 4.74 Å². The van der Waals surface area contributed by atoms with Crippen LogP contribution in [0.1, 0.15) is 5.56 Å². The number of methoxy groups -OCH3 is 1. The summed E-state index contributed by atoms with van der Waals surface area (Å²) in [5, 5.41) is 0.234. The Bertz CT molecular complexity index is 560. The number of nitrogens with zero attached hydrogens (tertiary/aromatic N) is 3. The molecular weight excluding hydrogens is 250 g/mol. The van der Waals surface area contributed by atoms with Crippen molar-refractivity contribution in [1.82, 2.24) is 9.97 Å². The third kappa shape index (κ3) is 2.38. The summed E-state index contributed by atoms with van der Waals surface area (Å²) < 4.78 is 5.34. The molecule has 5 heteroatoms. The van der Waals surface area contributed by atoms with Gasteiger partial charge >= 0.3 is 0 Å². The van der Waals surface area contributed by atoms with E-state index in [1.165, 1.54) is 0 Å². The molecule has 1 heterocycles. The molecule has 2 aromatic rings. The number of hydrogen-bond acceptors (Lipinski definition) is 4. The Morgan fingerprint density at radius 1 is 1.28 bits per heavy atom. The molecule has 0 amide bonds. The number of aromatic nitrogens is 2. The molecule has 0 aliphatic carbocycles. The lowest BCUT2D eigenvalue weighted by molar-refractivity contribution is 0.415. The zero-order valence-corrected chi connectivity index (χ0v) is 11.3. The van der Waals surface area contributed by atoms with Crippen LogP contribution in [0.2, 0.25) is 5.28 Å². The van der Waals surface area contributed by atoms with Crippen LogP contribution in [-0.2, 0) is 0 Å². The summed E-state index contributed by atoms with van der Waals surface area (Å²) in [4.78, 5) is 10.1. The lowest BCUT2D eigenvalue weighted by Gasteiger charge is -2.22. The van der Waals surface area contributed by atoms with Crippen LogP contribution >= 0.6 is 11.6 Å². The van der Waals surface area contributed by atoms with Crippen LogP contribution in [0, 0.1) is 6.92 Å². The Morgan fingerprint density at radius 3 is 2.72 bits per heavy atom. The smallest absolute Gasteiger partial charge is 0.224 e. The molecule has 1 aromatic heterocycles. The number of para-hydroxylation sites is 2. The quantitative estimate of drug-likeness (QED) is 0.797. The van der Waals surface area contributed by atoms with Crippen LogP contribution in [0.4, 0.5) is 11.5 Å². The second kappa shape index (κ2) is 5.23. The second-order valence-corrected chi connectivity index (χ2v) is 4.21. The molecule has 4 nitrogen and oxygen atoms in total. The minimum absolute atomic E-state index is 0.234. The van der Waals surface area contributed by atoms with E-state index >= 15 is 0 Å². The van der Waals surface area contributed by atoms with Gasteiger partial charge in [-0.05, 0) is 30.7 Å². The van der Waals surface area contributed by atoms with Gasteiger partial charge in [0.2, 0.25) is 5.28 Å². The molecule has 0 unspecified atom stereocenters. The summed E-state index contributed by atoms with van der Waals surface area (Å²) in [6.45, 7) is 1.94. The number of hydrogen-bond donors (Lipinski definition) is 0. The summed E-state index contributed by atoms with van der Waals surface area (Å²) in [5.41, 5.74) is 1.88. The van der Waals surface area contributed by atoms with Crippen molar-refractivity contribution in [3.8, 4) is 5.75 Å². The highest BCUT2D eigenvalue weighted by Gasteiger charge is 2.13. The maximum atomic E-state index is 5.84. The zero-order valence-electron chi connectivity index (χ0n) is 10.5. The van der Waals surface area contributed by atoms with Crippen molar-refractivity contribution in [3.05, 3.63) is 41.3 Å². The number of aryl methyl sites for hydroxylation is 1. The number of halogens is 1. The molecule has 0 saturated heterocycles. The fourth-order valence-corrected chi connectivity index (χ4v) is 1.90. The average molecular weight is 264 g/mol. The van der Waals surface area contributed by atoms with Crippen LogP contribution in [0.3, 0.4) is 0 Å². The molecule has 1 aromatic carbocycles. The summed E-state index contributed by atoms with van der Waals surface area (Å²) in [7, 11) is 3.57. The van der Waals surface area contributed by atoms with Gasteiger partial charge in [-0.2, -0.15) is 4.98 Å². The molecule has 94 valence electrons. The molecule has 2 rings (SSSR count). The summed E-state index contributed by atoms with van der Waals surface area (Å²) in [5.74, 6) is 1.55. The first-order valence-corrected chi connectivity index (χ1v) is 5.87. The molecule has 0 aliphatic heterocycles. The standard InChI is InChI=1S/C13H14ClN3O/c1-9-8-15-13(14)16-12(9)17(2)10-6-4-5-7-11(10)18-3/h4-8H,1-3H3. The minimum Gasteiger partial charge on any atom is -0.495 e. The van der Waals surface area contributed by atoms with Gasteiger partial charge in [0.15, 0.2) is 0 Å². The van der Waals surface area contributed by atoms with Gasteiger partial charge < -0.3 is 9.64 Å². The number of benzene rings is 1. The normalized spacial score (nSPS) is 10.2. The van der Waals surface area contributed by atoms with Crippen molar-refractivity contribution in [2.24, 2.45) is 0 Å². The molecule has 18 heavy (non-hydrogen) atoms. The highest BCUT2D eigenvalue weighted by molar-refractivity contribution is 6.28. The number of anilines is 2. The minimum atomic E-state index is 0.234. The van der Waals surface area contributed by atoms with Gasteiger partial charge in [-0.25, -0.2) is 4.98 Å². The van der Waals surface area contributed by atoms with E-state index in [2.05, 4.69) is 9.97 Å². The predicted octanol–water partition coefficient (Wildman–Crippen LogP) is 3.21. The van der Waals surface area contributed by atoms with Gasteiger partial charge in [-0.15, -0.1) is 0 Å². The summed E-state index contributed by atoms with van der Waals surface area (Å²) >= 11 is 5.84. The van der Waals surface area contributed by atoms with E-state index in [4.69, 9.17) is 16.3 Å². The van der Waals surface area contributed by atoms with Crippen LogP contribution in [-0.4, -0.2) is 24.1 Å². The van der Waals surface area contributed by atoms with Crippen molar-refractivity contribution in [2.75, 3.05) is 19.1 Å².